The minimum absolute atomic E-state index is 0.114. The molecule has 1 saturated carbocycles. The molecule has 0 bridgehead atoms. The van der Waals surface area contributed by atoms with Crippen molar-refractivity contribution >= 4 is 0 Å². The molecule has 4 rings (SSSR count). The SMILES string of the molecule is Cc1cc(C)cc(C#CC2C=CC(Oc3ccc(C4CCCC4)cc3)C(CO)O2)c1. The molecule has 2 aromatic rings. The third-order valence-electron chi connectivity index (χ3n) is 5.90. The van der Waals surface area contributed by atoms with Crippen LogP contribution >= 0.6 is 0 Å². The van der Waals surface area contributed by atoms with Gasteiger partial charge >= 0.3 is 0 Å². The van der Waals surface area contributed by atoms with Crippen LogP contribution in [0.15, 0.2) is 54.6 Å². The predicted octanol–water partition coefficient (Wildman–Crippen LogP) is 5.08. The lowest BCUT2D eigenvalue weighted by atomic mass is 9.98. The normalized spacial score (nSPS) is 23.8. The minimum atomic E-state index is -0.442. The van der Waals surface area contributed by atoms with Gasteiger partial charge in [-0.25, -0.2) is 0 Å². The fourth-order valence-corrected chi connectivity index (χ4v) is 4.43. The average Bonchev–Trinajstić information content (AvgIpc) is 3.28. The summed E-state index contributed by atoms with van der Waals surface area (Å²) in [6.45, 7) is 4.02. The summed E-state index contributed by atoms with van der Waals surface area (Å²) in [4.78, 5) is 0. The highest BCUT2D eigenvalue weighted by Crippen LogP contribution is 2.34. The number of aryl methyl sites for hydroxylation is 2. The molecule has 2 aromatic carbocycles. The van der Waals surface area contributed by atoms with E-state index in [1.807, 2.05) is 24.3 Å². The molecule has 3 unspecified atom stereocenters. The summed E-state index contributed by atoms with van der Waals surface area (Å²) in [7, 11) is 0. The molecular weight excluding hydrogens is 372 g/mol. The van der Waals surface area contributed by atoms with E-state index in [1.54, 1.807) is 0 Å². The van der Waals surface area contributed by atoms with Crippen LogP contribution in [-0.2, 0) is 4.74 Å². The van der Waals surface area contributed by atoms with Crippen molar-refractivity contribution in [2.75, 3.05) is 6.61 Å². The number of aliphatic hydroxyl groups excluding tert-OH is 1. The van der Waals surface area contributed by atoms with E-state index >= 15 is 0 Å². The molecule has 1 aliphatic heterocycles. The number of benzene rings is 2. The van der Waals surface area contributed by atoms with Gasteiger partial charge in [-0.15, -0.1) is 0 Å². The molecule has 3 heteroatoms. The Bertz CT molecular complexity index is 922. The van der Waals surface area contributed by atoms with Gasteiger partial charge in [0, 0.05) is 5.56 Å². The Morgan fingerprint density at radius 1 is 1.00 bits per heavy atom. The van der Waals surface area contributed by atoms with Crippen LogP contribution in [-0.4, -0.2) is 30.0 Å². The maximum atomic E-state index is 9.82. The van der Waals surface area contributed by atoms with Gasteiger partial charge < -0.3 is 14.6 Å². The highest BCUT2D eigenvalue weighted by molar-refractivity contribution is 5.41. The summed E-state index contributed by atoms with van der Waals surface area (Å²) < 4.78 is 12.1. The second kappa shape index (κ2) is 9.51. The van der Waals surface area contributed by atoms with Crippen LogP contribution in [0, 0.1) is 25.7 Å². The lowest BCUT2D eigenvalue weighted by Gasteiger charge is -2.29. The van der Waals surface area contributed by atoms with Crippen molar-refractivity contribution in [3.8, 4) is 17.6 Å². The van der Waals surface area contributed by atoms with E-state index in [-0.39, 0.29) is 18.8 Å². The molecule has 156 valence electrons. The Kier molecular flexibility index (Phi) is 6.57. The largest absolute Gasteiger partial charge is 0.484 e. The van der Waals surface area contributed by atoms with Crippen LogP contribution in [0.3, 0.4) is 0 Å². The van der Waals surface area contributed by atoms with Crippen LogP contribution in [0.2, 0.25) is 0 Å². The first-order valence-electron chi connectivity index (χ1n) is 10.9. The summed E-state index contributed by atoms with van der Waals surface area (Å²) in [5.74, 6) is 7.84. The van der Waals surface area contributed by atoms with Gasteiger partial charge in [-0.3, -0.25) is 0 Å². The van der Waals surface area contributed by atoms with E-state index in [0.29, 0.717) is 5.92 Å². The molecule has 1 N–H and O–H groups in total. The van der Waals surface area contributed by atoms with Crippen molar-refractivity contribution in [2.45, 2.75) is 63.8 Å². The van der Waals surface area contributed by atoms with Gasteiger partial charge in [-0.1, -0.05) is 42.9 Å². The quantitative estimate of drug-likeness (QED) is 0.573. The van der Waals surface area contributed by atoms with Crippen LogP contribution in [0.25, 0.3) is 0 Å². The van der Waals surface area contributed by atoms with E-state index in [4.69, 9.17) is 9.47 Å². The minimum Gasteiger partial charge on any atom is -0.484 e. The van der Waals surface area contributed by atoms with Gasteiger partial charge in [-0.05, 0) is 85.7 Å². The third kappa shape index (κ3) is 5.14. The first-order chi connectivity index (χ1) is 14.6. The second-order valence-electron chi connectivity index (χ2n) is 8.44. The molecular formula is C27H30O3. The second-order valence-corrected chi connectivity index (χ2v) is 8.44. The lowest BCUT2D eigenvalue weighted by Crippen LogP contribution is -2.40. The maximum absolute atomic E-state index is 9.82. The summed E-state index contributed by atoms with van der Waals surface area (Å²) in [5.41, 5.74) is 4.77. The summed E-state index contributed by atoms with van der Waals surface area (Å²) in [6, 6.07) is 14.7. The van der Waals surface area contributed by atoms with E-state index < -0.39 is 6.10 Å². The van der Waals surface area contributed by atoms with Crippen molar-refractivity contribution in [1.82, 2.24) is 0 Å². The molecule has 0 aromatic heterocycles. The first-order valence-corrected chi connectivity index (χ1v) is 10.9. The van der Waals surface area contributed by atoms with Gasteiger partial charge in [-0.2, -0.15) is 0 Å². The van der Waals surface area contributed by atoms with Crippen molar-refractivity contribution in [1.29, 1.82) is 0 Å². The topological polar surface area (TPSA) is 38.7 Å². The standard InChI is InChI=1S/C27H30O3/c1-19-15-20(2)17-21(16-19)7-10-24-13-14-26(27(18-28)30-24)29-25-11-8-23(9-12-25)22-5-3-4-6-22/h8-9,11-17,22,24,26-28H,3-6,18H2,1-2H3. The van der Waals surface area contributed by atoms with Gasteiger partial charge in [0.05, 0.1) is 6.61 Å². The zero-order chi connectivity index (χ0) is 20.9. The van der Waals surface area contributed by atoms with Crippen LogP contribution in [0.5, 0.6) is 5.75 Å². The van der Waals surface area contributed by atoms with Gasteiger partial charge in [0.1, 0.15) is 24.1 Å². The van der Waals surface area contributed by atoms with E-state index in [2.05, 4.69) is 56.0 Å². The molecule has 0 radical (unpaired) electrons. The molecule has 1 aliphatic carbocycles. The first kappa shape index (κ1) is 20.7. The molecule has 0 spiro atoms. The zero-order valence-corrected chi connectivity index (χ0v) is 17.8. The van der Waals surface area contributed by atoms with Gasteiger partial charge in [0.15, 0.2) is 0 Å². The number of rotatable bonds is 4. The number of ether oxygens (including phenoxy) is 2. The fourth-order valence-electron chi connectivity index (χ4n) is 4.43. The van der Waals surface area contributed by atoms with Crippen LogP contribution in [0.1, 0.15) is 53.9 Å². The lowest BCUT2D eigenvalue weighted by molar-refractivity contribution is -0.0549. The summed E-state index contributed by atoms with van der Waals surface area (Å²) in [6.07, 6.45) is 7.99. The Labute approximate surface area is 179 Å². The fraction of sp³-hybridized carbons (Fsp3) is 0.407. The monoisotopic (exact) mass is 402 g/mol. The zero-order valence-electron chi connectivity index (χ0n) is 17.8. The van der Waals surface area contributed by atoms with E-state index in [0.717, 1.165) is 11.3 Å². The van der Waals surface area contributed by atoms with Crippen molar-refractivity contribution < 1.29 is 14.6 Å². The highest BCUT2D eigenvalue weighted by atomic mass is 16.6. The Morgan fingerprint density at radius 3 is 2.37 bits per heavy atom. The molecule has 1 fully saturated rings. The summed E-state index contributed by atoms with van der Waals surface area (Å²) >= 11 is 0. The maximum Gasteiger partial charge on any atom is 0.145 e. The average molecular weight is 403 g/mol. The molecule has 0 saturated heterocycles. The number of hydrogen-bond donors (Lipinski definition) is 1. The Hall–Kier alpha value is -2.54. The smallest absolute Gasteiger partial charge is 0.145 e. The Balaban J connectivity index is 1.41. The van der Waals surface area contributed by atoms with E-state index in [1.165, 1.54) is 42.4 Å². The molecule has 3 atom stereocenters. The molecule has 1 heterocycles. The van der Waals surface area contributed by atoms with Gasteiger partial charge in [0.2, 0.25) is 0 Å². The number of hydrogen-bond acceptors (Lipinski definition) is 3. The summed E-state index contributed by atoms with van der Waals surface area (Å²) in [5, 5.41) is 9.82. The predicted molar refractivity (Wildman–Crippen MR) is 120 cm³/mol. The van der Waals surface area contributed by atoms with Crippen molar-refractivity contribution in [3.05, 3.63) is 76.9 Å². The highest BCUT2D eigenvalue weighted by Gasteiger charge is 2.27. The van der Waals surface area contributed by atoms with Crippen LogP contribution in [0.4, 0.5) is 0 Å². The van der Waals surface area contributed by atoms with Crippen molar-refractivity contribution in [2.24, 2.45) is 0 Å². The van der Waals surface area contributed by atoms with Crippen LogP contribution < -0.4 is 4.74 Å². The third-order valence-corrected chi connectivity index (χ3v) is 5.90. The Morgan fingerprint density at radius 2 is 1.70 bits per heavy atom. The molecule has 3 nitrogen and oxygen atoms in total. The number of aliphatic hydroxyl groups is 1. The molecule has 2 aliphatic rings. The molecule has 30 heavy (non-hydrogen) atoms. The van der Waals surface area contributed by atoms with E-state index in [9.17, 15) is 5.11 Å². The van der Waals surface area contributed by atoms with Gasteiger partial charge in [0.25, 0.3) is 0 Å². The van der Waals surface area contributed by atoms with Crippen molar-refractivity contribution in [3.63, 3.8) is 0 Å². The molecule has 0 amide bonds.